The molecular weight excluding hydrogens is 528 g/mol. The molecule has 0 heterocycles. The van der Waals surface area contributed by atoms with E-state index in [-0.39, 0.29) is 4.90 Å². The van der Waals surface area contributed by atoms with Crippen molar-refractivity contribution in [2.75, 3.05) is 10.6 Å². The second kappa shape index (κ2) is 16.1. The SMILES string of the molecule is C=C(N)c1cccc(Nc2ccccc2NC(=C)c2ccc(-c3ccccc3S(N)(=O)=O)cc2)c1.CC.CCCC. The molecule has 0 spiro atoms. The Labute approximate surface area is 245 Å². The van der Waals surface area contributed by atoms with Crippen molar-refractivity contribution in [1.29, 1.82) is 0 Å². The van der Waals surface area contributed by atoms with E-state index in [4.69, 9.17) is 10.9 Å². The van der Waals surface area contributed by atoms with Crippen LogP contribution in [-0.2, 0) is 10.0 Å². The molecule has 0 bridgehead atoms. The fourth-order valence-corrected chi connectivity index (χ4v) is 4.45. The molecule has 6 nitrogen and oxygen atoms in total. The highest BCUT2D eigenvalue weighted by atomic mass is 32.2. The number of rotatable bonds is 9. The van der Waals surface area contributed by atoms with Gasteiger partial charge in [0.25, 0.3) is 0 Å². The van der Waals surface area contributed by atoms with Crippen molar-refractivity contribution in [2.24, 2.45) is 10.9 Å². The first-order valence-electron chi connectivity index (χ1n) is 13.7. The van der Waals surface area contributed by atoms with Crippen LogP contribution in [0.4, 0.5) is 17.1 Å². The quantitative estimate of drug-likeness (QED) is 0.161. The van der Waals surface area contributed by atoms with E-state index in [1.807, 2.05) is 86.6 Å². The molecule has 0 aliphatic heterocycles. The average Bonchev–Trinajstić information content (AvgIpc) is 2.99. The Morgan fingerprint density at radius 3 is 1.93 bits per heavy atom. The Morgan fingerprint density at radius 2 is 1.34 bits per heavy atom. The summed E-state index contributed by atoms with van der Waals surface area (Å²) in [5, 5.41) is 12.2. The van der Waals surface area contributed by atoms with Crippen LogP contribution in [0.1, 0.15) is 51.7 Å². The first-order chi connectivity index (χ1) is 19.6. The summed E-state index contributed by atoms with van der Waals surface area (Å²) in [5.41, 5.74) is 12.6. The molecule has 4 aromatic carbocycles. The van der Waals surface area contributed by atoms with Crippen LogP contribution < -0.4 is 21.5 Å². The topological polar surface area (TPSA) is 110 Å². The molecule has 4 aromatic rings. The van der Waals surface area contributed by atoms with Crippen LogP contribution in [0, 0.1) is 0 Å². The zero-order valence-electron chi connectivity index (χ0n) is 24.4. The van der Waals surface area contributed by atoms with Crippen molar-refractivity contribution in [2.45, 2.75) is 45.4 Å². The number of unbranched alkanes of at least 4 members (excludes halogenated alkanes) is 1. The lowest BCUT2D eigenvalue weighted by atomic mass is 10.0. The number of nitrogens with two attached hydrogens (primary N) is 2. The molecule has 0 amide bonds. The lowest BCUT2D eigenvalue weighted by Crippen LogP contribution is -2.13. The molecule has 0 aliphatic carbocycles. The third kappa shape index (κ3) is 9.67. The lowest BCUT2D eigenvalue weighted by molar-refractivity contribution is 0.598. The Balaban J connectivity index is 0.000000902. The largest absolute Gasteiger partial charge is 0.399 e. The minimum Gasteiger partial charge on any atom is -0.399 e. The predicted octanol–water partition coefficient (Wildman–Crippen LogP) is 8.59. The number of benzene rings is 4. The lowest BCUT2D eigenvalue weighted by Gasteiger charge is -2.16. The fourth-order valence-electron chi connectivity index (χ4n) is 3.69. The molecule has 7 heteroatoms. The summed E-state index contributed by atoms with van der Waals surface area (Å²) >= 11 is 0. The minimum atomic E-state index is -3.84. The Morgan fingerprint density at radius 1 is 0.756 bits per heavy atom. The van der Waals surface area contributed by atoms with Crippen molar-refractivity contribution >= 4 is 38.5 Å². The van der Waals surface area contributed by atoms with E-state index in [1.165, 1.54) is 18.9 Å². The van der Waals surface area contributed by atoms with Gasteiger partial charge in [-0.1, -0.05) is 120 Å². The smallest absolute Gasteiger partial charge is 0.238 e. The van der Waals surface area contributed by atoms with Crippen molar-refractivity contribution in [3.63, 3.8) is 0 Å². The van der Waals surface area contributed by atoms with Gasteiger partial charge in [-0.3, -0.25) is 0 Å². The molecule has 216 valence electrons. The fraction of sp³-hybridized carbons (Fsp3) is 0.176. The van der Waals surface area contributed by atoms with Crippen molar-refractivity contribution < 1.29 is 8.42 Å². The molecule has 6 N–H and O–H groups in total. The monoisotopic (exact) mass is 570 g/mol. The first-order valence-corrected chi connectivity index (χ1v) is 15.3. The highest BCUT2D eigenvalue weighted by molar-refractivity contribution is 7.89. The predicted molar refractivity (Wildman–Crippen MR) is 177 cm³/mol. The highest BCUT2D eigenvalue weighted by Crippen LogP contribution is 2.31. The Kier molecular flexibility index (Phi) is 12.9. The minimum absolute atomic E-state index is 0.0898. The van der Waals surface area contributed by atoms with Gasteiger partial charge in [-0.05, 0) is 47.0 Å². The number of hydrogen-bond acceptors (Lipinski definition) is 5. The molecule has 0 aromatic heterocycles. The van der Waals surface area contributed by atoms with Crippen LogP contribution in [0.2, 0.25) is 0 Å². The summed E-state index contributed by atoms with van der Waals surface area (Å²) in [5.74, 6) is 0. The van der Waals surface area contributed by atoms with Gasteiger partial charge in [-0.25, -0.2) is 13.6 Å². The molecule has 0 fully saturated rings. The summed E-state index contributed by atoms with van der Waals surface area (Å²) in [4.78, 5) is 0.0898. The average molecular weight is 571 g/mol. The van der Waals surface area contributed by atoms with Gasteiger partial charge in [-0.15, -0.1) is 0 Å². The van der Waals surface area contributed by atoms with Gasteiger partial charge in [0.05, 0.1) is 16.3 Å². The first kappa shape index (κ1) is 32.9. The van der Waals surface area contributed by atoms with Gasteiger partial charge in [-0.2, -0.15) is 0 Å². The highest BCUT2D eigenvalue weighted by Gasteiger charge is 2.14. The maximum atomic E-state index is 12.0. The maximum absolute atomic E-state index is 12.0. The van der Waals surface area contributed by atoms with Gasteiger partial charge in [0.1, 0.15) is 0 Å². The molecule has 0 radical (unpaired) electrons. The van der Waals surface area contributed by atoms with Crippen LogP contribution in [-0.4, -0.2) is 8.42 Å². The molecule has 0 saturated carbocycles. The summed E-state index contributed by atoms with van der Waals surface area (Å²) in [7, 11) is -3.84. The second-order valence-corrected chi connectivity index (χ2v) is 10.5. The summed E-state index contributed by atoms with van der Waals surface area (Å²) in [6, 6.07) is 29.7. The summed E-state index contributed by atoms with van der Waals surface area (Å²) in [6.07, 6.45) is 2.64. The van der Waals surface area contributed by atoms with Crippen molar-refractivity contribution in [1.82, 2.24) is 0 Å². The van der Waals surface area contributed by atoms with Gasteiger partial charge in [0.15, 0.2) is 0 Å². The standard InChI is InChI=1S/C28H26N4O2S.C4H10.C2H6/c1-19(29)23-8-7-9-24(18-23)32-27-12-5-4-11-26(27)31-20(2)21-14-16-22(17-15-21)25-10-3-6-13-28(25)35(30,33)34;1-3-4-2;1-2/h3-18,31-32H,1-2,29H2,(H2,30,33,34);3-4H2,1-2H3;1-2H3. The number of primary sulfonamides is 1. The van der Waals surface area contributed by atoms with Crippen LogP contribution in [0.25, 0.3) is 22.5 Å². The number of sulfonamides is 1. The second-order valence-electron chi connectivity index (χ2n) is 9.00. The van der Waals surface area contributed by atoms with E-state index < -0.39 is 10.0 Å². The zero-order chi connectivity index (χ0) is 30.4. The molecule has 0 unspecified atom stereocenters. The van der Waals surface area contributed by atoms with E-state index in [1.54, 1.807) is 18.2 Å². The number of para-hydroxylation sites is 2. The Bertz CT molecular complexity index is 1540. The number of nitrogens with one attached hydrogen (secondary N) is 2. The van der Waals surface area contributed by atoms with Crippen LogP contribution in [0.5, 0.6) is 0 Å². The molecule has 0 saturated heterocycles. The van der Waals surface area contributed by atoms with Crippen molar-refractivity contribution in [3.8, 4) is 11.1 Å². The van der Waals surface area contributed by atoms with Gasteiger partial charge in [0.2, 0.25) is 10.0 Å². The van der Waals surface area contributed by atoms with Crippen molar-refractivity contribution in [3.05, 3.63) is 121 Å². The van der Waals surface area contributed by atoms with Gasteiger partial charge in [0, 0.05) is 22.6 Å². The van der Waals surface area contributed by atoms with Crippen LogP contribution in [0.3, 0.4) is 0 Å². The van der Waals surface area contributed by atoms with Gasteiger partial charge < -0.3 is 16.4 Å². The number of anilines is 3. The zero-order valence-corrected chi connectivity index (χ0v) is 25.3. The maximum Gasteiger partial charge on any atom is 0.238 e. The molecule has 4 rings (SSSR count). The molecule has 0 aliphatic rings. The molecular formula is C34H42N4O2S. The van der Waals surface area contributed by atoms with Gasteiger partial charge >= 0.3 is 0 Å². The van der Waals surface area contributed by atoms with E-state index >= 15 is 0 Å². The molecule has 0 atom stereocenters. The van der Waals surface area contributed by atoms with E-state index in [0.717, 1.165) is 33.8 Å². The normalized spacial score (nSPS) is 10.3. The Hall–Kier alpha value is -4.33. The third-order valence-electron chi connectivity index (χ3n) is 5.96. The van der Waals surface area contributed by atoms with E-state index in [2.05, 4.69) is 37.6 Å². The van der Waals surface area contributed by atoms with Crippen LogP contribution >= 0.6 is 0 Å². The van der Waals surface area contributed by atoms with Crippen LogP contribution in [0.15, 0.2) is 115 Å². The van der Waals surface area contributed by atoms with E-state index in [9.17, 15) is 8.42 Å². The van der Waals surface area contributed by atoms with E-state index in [0.29, 0.717) is 17.0 Å². The number of hydrogen-bond donors (Lipinski definition) is 4. The summed E-state index contributed by atoms with van der Waals surface area (Å²) in [6.45, 7) is 16.3. The molecule has 41 heavy (non-hydrogen) atoms. The third-order valence-corrected chi connectivity index (χ3v) is 6.93. The summed E-state index contributed by atoms with van der Waals surface area (Å²) < 4.78 is 23.9.